The number of hydrogen-bond donors (Lipinski definition) is 2. The van der Waals surface area contributed by atoms with E-state index >= 15 is 0 Å². The molecule has 0 heterocycles. The molecule has 0 spiro atoms. The molecule has 0 rings (SSSR count). The van der Waals surface area contributed by atoms with E-state index in [9.17, 15) is 4.79 Å². The molecule has 66 valence electrons. The van der Waals surface area contributed by atoms with Crippen molar-refractivity contribution < 1.29 is 4.79 Å². The third kappa shape index (κ3) is 7.16. The van der Waals surface area contributed by atoms with Crippen LogP contribution < -0.4 is 10.6 Å². The minimum absolute atomic E-state index is 0.104. The van der Waals surface area contributed by atoms with Crippen molar-refractivity contribution in [1.29, 1.82) is 0 Å². The molecule has 0 fully saturated rings. The SMILES string of the molecule is CC(C)NC(=O)NC(C)(C)C. The first-order valence-corrected chi connectivity index (χ1v) is 3.90. The molecule has 0 radical (unpaired) electrons. The van der Waals surface area contributed by atoms with Gasteiger partial charge in [0, 0.05) is 11.6 Å². The number of hydrogen-bond acceptors (Lipinski definition) is 1. The first-order valence-electron chi connectivity index (χ1n) is 3.90. The molecule has 0 aliphatic carbocycles. The minimum atomic E-state index is -0.154. The van der Waals surface area contributed by atoms with Crippen LogP contribution in [0.3, 0.4) is 0 Å². The molecule has 3 nitrogen and oxygen atoms in total. The van der Waals surface area contributed by atoms with Crippen LogP contribution in [0.15, 0.2) is 0 Å². The van der Waals surface area contributed by atoms with Gasteiger partial charge in [-0.05, 0) is 34.6 Å². The Morgan fingerprint density at radius 3 is 2.00 bits per heavy atom. The van der Waals surface area contributed by atoms with Crippen molar-refractivity contribution in [2.24, 2.45) is 0 Å². The first kappa shape index (κ1) is 10.3. The van der Waals surface area contributed by atoms with Crippen molar-refractivity contribution in [3.05, 3.63) is 0 Å². The van der Waals surface area contributed by atoms with Gasteiger partial charge in [0.05, 0.1) is 0 Å². The zero-order valence-electron chi connectivity index (χ0n) is 7.99. The quantitative estimate of drug-likeness (QED) is 0.596. The van der Waals surface area contributed by atoms with E-state index in [0.29, 0.717) is 0 Å². The Labute approximate surface area is 68.6 Å². The highest BCUT2D eigenvalue weighted by molar-refractivity contribution is 5.74. The summed E-state index contributed by atoms with van der Waals surface area (Å²) in [6, 6.07) is 0.0878. The Bertz CT molecular complexity index is 136. The molecule has 0 aliphatic rings. The van der Waals surface area contributed by atoms with Gasteiger partial charge in [-0.3, -0.25) is 0 Å². The Kier molecular flexibility index (Phi) is 3.36. The second-order valence-corrected chi connectivity index (χ2v) is 4.00. The Morgan fingerprint density at radius 2 is 1.73 bits per heavy atom. The van der Waals surface area contributed by atoms with Crippen LogP contribution in [0.4, 0.5) is 4.79 Å². The lowest BCUT2D eigenvalue weighted by atomic mass is 10.1. The molecular formula is C8H18N2O. The maximum absolute atomic E-state index is 11.0. The molecule has 0 aromatic rings. The fraction of sp³-hybridized carbons (Fsp3) is 0.875. The van der Waals surface area contributed by atoms with Gasteiger partial charge in [0.1, 0.15) is 0 Å². The summed E-state index contributed by atoms with van der Waals surface area (Å²) < 4.78 is 0. The number of urea groups is 1. The van der Waals surface area contributed by atoms with Crippen molar-refractivity contribution in [2.75, 3.05) is 0 Å². The Hall–Kier alpha value is -0.730. The fourth-order valence-corrected chi connectivity index (χ4v) is 0.639. The van der Waals surface area contributed by atoms with Crippen LogP contribution in [0.1, 0.15) is 34.6 Å². The molecular weight excluding hydrogens is 140 g/mol. The lowest BCUT2D eigenvalue weighted by molar-refractivity contribution is 0.229. The monoisotopic (exact) mass is 158 g/mol. The molecule has 0 bridgehead atoms. The predicted molar refractivity (Wildman–Crippen MR) is 46.6 cm³/mol. The van der Waals surface area contributed by atoms with Gasteiger partial charge in [-0.15, -0.1) is 0 Å². The molecule has 0 atom stereocenters. The largest absolute Gasteiger partial charge is 0.336 e. The van der Waals surface area contributed by atoms with Gasteiger partial charge in [-0.2, -0.15) is 0 Å². The summed E-state index contributed by atoms with van der Waals surface area (Å²) in [5.41, 5.74) is -0.154. The maximum atomic E-state index is 11.0. The van der Waals surface area contributed by atoms with Crippen LogP contribution in [0.25, 0.3) is 0 Å². The van der Waals surface area contributed by atoms with Gasteiger partial charge in [0.15, 0.2) is 0 Å². The summed E-state index contributed by atoms with van der Waals surface area (Å²) in [4.78, 5) is 11.0. The average molecular weight is 158 g/mol. The van der Waals surface area contributed by atoms with Crippen LogP contribution >= 0.6 is 0 Å². The van der Waals surface area contributed by atoms with E-state index in [1.54, 1.807) is 0 Å². The van der Waals surface area contributed by atoms with Crippen LogP contribution in [-0.2, 0) is 0 Å². The van der Waals surface area contributed by atoms with Gasteiger partial charge >= 0.3 is 6.03 Å². The number of carbonyl (C=O) groups is 1. The molecule has 2 N–H and O–H groups in total. The number of nitrogens with one attached hydrogen (secondary N) is 2. The van der Waals surface area contributed by atoms with E-state index in [1.807, 2.05) is 34.6 Å². The molecule has 0 saturated carbocycles. The van der Waals surface area contributed by atoms with Gasteiger partial charge in [-0.25, -0.2) is 4.79 Å². The molecule has 3 heteroatoms. The van der Waals surface area contributed by atoms with Crippen molar-refractivity contribution in [2.45, 2.75) is 46.2 Å². The summed E-state index contributed by atoms with van der Waals surface area (Å²) in [7, 11) is 0. The first-order chi connectivity index (χ1) is 4.81. The van der Waals surface area contributed by atoms with E-state index in [2.05, 4.69) is 10.6 Å². The van der Waals surface area contributed by atoms with Gasteiger partial charge in [-0.1, -0.05) is 0 Å². The van der Waals surface area contributed by atoms with Gasteiger partial charge in [0.2, 0.25) is 0 Å². The van der Waals surface area contributed by atoms with Crippen molar-refractivity contribution in [3.8, 4) is 0 Å². The van der Waals surface area contributed by atoms with E-state index in [1.165, 1.54) is 0 Å². The van der Waals surface area contributed by atoms with E-state index in [-0.39, 0.29) is 17.6 Å². The van der Waals surface area contributed by atoms with Crippen LogP contribution in [0.5, 0.6) is 0 Å². The van der Waals surface area contributed by atoms with Crippen molar-refractivity contribution in [1.82, 2.24) is 10.6 Å². The molecule has 0 unspecified atom stereocenters. The van der Waals surface area contributed by atoms with Gasteiger partial charge < -0.3 is 10.6 Å². The topological polar surface area (TPSA) is 41.1 Å². The highest BCUT2D eigenvalue weighted by atomic mass is 16.2. The summed E-state index contributed by atoms with van der Waals surface area (Å²) in [5, 5.41) is 5.55. The fourth-order valence-electron chi connectivity index (χ4n) is 0.639. The Morgan fingerprint density at radius 1 is 1.27 bits per heavy atom. The molecule has 0 aromatic carbocycles. The zero-order chi connectivity index (χ0) is 9.07. The van der Waals surface area contributed by atoms with Crippen LogP contribution in [0, 0.1) is 0 Å². The number of rotatable bonds is 1. The molecule has 0 aliphatic heterocycles. The number of amides is 2. The lowest BCUT2D eigenvalue weighted by Gasteiger charge is -2.21. The summed E-state index contributed by atoms with van der Waals surface area (Å²) in [5.74, 6) is 0. The highest BCUT2D eigenvalue weighted by Gasteiger charge is 2.13. The Balaban J connectivity index is 3.71. The molecule has 11 heavy (non-hydrogen) atoms. The smallest absolute Gasteiger partial charge is 0.315 e. The number of carbonyl (C=O) groups excluding carboxylic acids is 1. The third-order valence-corrected chi connectivity index (χ3v) is 0.908. The van der Waals surface area contributed by atoms with Gasteiger partial charge in [0.25, 0.3) is 0 Å². The summed E-state index contributed by atoms with van der Waals surface area (Å²) in [6.07, 6.45) is 0. The van der Waals surface area contributed by atoms with Crippen molar-refractivity contribution in [3.63, 3.8) is 0 Å². The van der Waals surface area contributed by atoms with E-state index in [4.69, 9.17) is 0 Å². The zero-order valence-corrected chi connectivity index (χ0v) is 7.99. The molecule has 0 saturated heterocycles. The van der Waals surface area contributed by atoms with E-state index < -0.39 is 0 Å². The third-order valence-electron chi connectivity index (χ3n) is 0.908. The average Bonchev–Trinajstić information content (AvgIpc) is 1.53. The lowest BCUT2D eigenvalue weighted by Crippen LogP contribution is -2.48. The standard InChI is InChI=1S/C8H18N2O/c1-6(2)9-7(11)10-8(3,4)5/h6H,1-5H3,(H2,9,10,11). The van der Waals surface area contributed by atoms with Crippen LogP contribution in [0.2, 0.25) is 0 Å². The second-order valence-electron chi connectivity index (χ2n) is 4.00. The second kappa shape index (κ2) is 3.60. The minimum Gasteiger partial charge on any atom is -0.336 e. The summed E-state index contributed by atoms with van der Waals surface area (Å²) >= 11 is 0. The molecule has 0 aromatic heterocycles. The molecule has 2 amide bonds. The maximum Gasteiger partial charge on any atom is 0.315 e. The highest BCUT2D eigenvalue weighted by Crippen LogP contribution is 1.97. The van der Waals surface area contributed by atoms with Crippen LogP contribution in [-0.4, -0.2) is 17.6 Å². The normalized spacial score (nSPS) is 11.5. The van der Waals surface area contributed by atoms with Crippen molar-refractivity contribution >= 4 is 6.03 Å². The summed E-state index contributed by atoms with van der Waals surface area (Å²) in [6.45, 7) is 9.72. The van der Waals surface area contributed by atoms with E-state index in [0.717, 1.165) is 0 Å². The predicted octanol–water partition coefficient (Wildman–Crippen LogP) is 1.49.